The number of nitrogens with one attached hydrogen (secondary N) is 1. The van der Waals surface area contributed by atoms with Crippen molar-refractivity contribution in [2.75, 3.05) is 13.1 Å². The molecule has 3 rings (SSSR count). The van der Waals surface area contributed by atoms with E-state index in [-0.39, 0.29) is 0 Å². The molecule has 0 radical (unpaired) electrons. The molecule has 1 aliphatic rings. The Morgan fingerprint density at radius 3 is 3.18 bits per heavy atom. The summed E-state index contributed by atoms with van der Waals surface area (Å²) in [7, 11) is 0. The van der Waals surface area contributed by atoms with Crippen LogP contribution in [0.15, 0.2) is 21.3 Å². The van der Waals surface area contributed by atoms with E-state index in [4.69, 9.17) is 8.94 Å². The van der Waals surface area contributed by atoms with E-state index in [9.17, 15) is 0 Å². The number of rotatable bonds is 3. The van der Waals surface area contributed by atoms with Gasteiger partial charge in [-0.05, 0) is 44.0 Å². The number of hydrogen-bond donors (Lipinski definition) is 1. The summed E-state index contributed by atoms with van der Waals surface area (Å²) in [6, 6.07) is 1.90. The average Bonchev–Trinajstić information content (AvgIpc) is 3.00. The fourth-order valence-electron chi connectivity index (χ4n) is 2.17. The van der Waals surface area contributed by atoms with Gasteiger partial charge in [-0.15, -0.1) is 0 Å². The first-order valence-electron chi connectivity index (χ1n) is 5.90. The van der Waals surface area contributed by atoms with Crippen LogP contribution in [0.25, 0.3) is 11.6 Å². The van der Waals surface area contributed by atoms with Gasteiger partial charge < -0.3 is 14.3 Å². The SMILES string of the molecule is Cc1ccoc1-c1noc(CC2CCNC2)n1. The van der Waals surface area contributed by atoms with Crippen molar-refractivity contribution >= 4 is 0 Å². The van der Waals surface area contributed by atoms with Crippen molar-refractivity contribution in [3.8, 4) is 11.6 Å². The van der Waals surface area contributed by atoms with Gasteiger partial charge in [0.15, 0.2) is 5.76 Å². The van der Waals surface area contributed by atoms with Crippen LogP contribution in [-0.2, 0) is 6.42 Å². The van der Waals surface area contributed by atoms with Crippen LogP contribution in [0.1, 0.15) is 17.9 Å². The first kappa shape index (κ1) is 10.5. The first-order chi connectivity index (χ1) is 8.33. The molecule has 0 bridgehead atoms. The molecule has 1 unspecified atom stereocenters. The summed E-state index contributed by atoms with van der Waals surface area (Å²) in [5.41, 5.74) is 1.03. The van der Waals surface area contributed by atoms with Crippen molar-refractivity contribution in [3.63, 3.8) is 0 Å². The van der Waals surface area contributed by atoms with Gasteiger partial charge in [-0.1, -0.05) is 5.16 Å². The third-order valence-corrected chi connectivity index (χ3v) is 3.16. The van der Waals surface area contributed by atoms with Crippen LogP contribution in [0, 0.1) is 12.8 Å². The topological polar surface area (TPSA) is 64.1 Å². The molecule has 5 nitrogen and oxygen atoms in total. The van der Waals surface area contributed by atoms with Gasteiger partial charge in [0, 0.05) is 6.42 Å². The Balaban J connectivity index is 1.76. The summed E-state index contributed by atoms with van der Waals surface area (Å²) in [5.74, 6) is 2.56. The smallest absolute Gasteiger partial charge is 0.238 e. The zero-order chi connectivity index (χ0) is 11.7. The Morgan fingerprint density at radius 1 is 1.53 bits per heavy atom. The van der Waals surface area contributed by atoms with Gasteiger partial charge in [0.25, 0.3) is 0 Å². The van der Waals surface area contributed by atoms with E-state index in [2.05, 4.69) is 15.5 Å². The number of aromatic nitrogens is 2. The van der Waals surface area contributed by atoms with E-state index in [0.29, 0.717) is 23.4 Å². The van der Waals surface area contributed by atoms with E-state index in [1.165, 1.54) is 6.42 Å². The molecule has 90 valence electrons. The van der Waals surface area contributed by atoms with Crippen molar-refractivity contribution in [2.45, 2.75) is 19.8 Å². The average molecular weight is 233 g/mol. The Hall–Kier alpha value is -1.62. The lowest BCUT2D eigenvalue weighted by Gasteiger charge is -2.01. The molecule has 0 saturated carbocycles. The van der Waals surface area contributed by atoms with Gasteiger partial charge in [0.05, 0.1) is 6.26 Å². The highest BCUT2D eigenvalue weighted by atomic mass is 16.5. The lowest BCUT2D eigenvalue weighted by Crippen LogP contribution is -2.10. The number of furan rings is 1. The lowest BCUT2D eigenvalue weighted by molar-refractivity contribution is 0.357. The van der Waals surface area contributed by atoms with Crippen molar-refractivity contribution in [1.82, 2.24) is 15.5 Å². The summed E-state index contributed by atoms with van der Waals surface area (Å²) in [5, 5.41) is 7.29. The van der Waals surface area contributed by atoms with E-state index in [1.807, 2.05) is 13.0 Å². The van der Waals surface area contributed by atoms with E-state index >= 15 is 0 Å². The molecule has 2 aromatic rings. The molecule has 17 heavy (non-hydrogen) atoms. The van der Waals surface area contributed by atoms with Crippen molar-refractivity contribution < 1.29 is 8.94 Å². The zero-order valence-electron chi connectivity index (χ0n) is 9.77. The molecule has 1 saturated heterocycles. The van der Waals surface area contributed by atoms with Crippen LogP contribution < -0.4 is 5.32 Å². The van der Waals surface area contributed by atoms with Crippen LogP contribution in [0.2, 0.25) is 0 Å². The maximum Gasteiger partial charge on any atom is 0.238 e. The molecule has 0 amide bonds. The second kappa shape index (κ2) is 4.33. The molecule has 0 aromatic carbocycles. The van der Waals surface area contributed by atoms with E-state index in [0.717, 1.165) is 25.1 Å². The minimum atomic E-state index is 0.549. The molecule has 0 aliphatic carbocycles. The summed E-state index contributed by atoms with van der Waals surface area (Å²) in [6.45, 7) is 4.09. The number of nitrogens with zero attached hydrogens (tertiary/aromatic N) is 2. The minimum Gasteiger partial charge on any atom is -0.461 e. The monoisotopic (exact) mass is 233 g/mol. The zero-order valence-corrected chi connectivity index (χ0v) is 9.77. The molecular formula is C12H15N3O2. The maximum atomic E-state index is 5.34. The maximum absolute atomic E-state index is 5.34. The standard InChI is InChI=1S/C12H15N3O2/c1-8-3-5-16-11(8)12-14-10(17-15-12)6-9-2-4-13-7-9/h3,5,9,13H,2,4,6-7H2,1H3. The number of hydrogen-bond acceptors (Lipinski definition) is 5. The quantitative estimate of drug-likeness (QED) is 0.875. The second-order valence-electron chi connectivity index (χ2n) is 4.51. The van der Waals surface area contributed by atoms with Crippen LogP contribution in [0.5, 0.6) is 0 Å². The molecule has 1 atom stereocenters. The van der Waals surface area contributed by atoms with Crippen molar-refractivity contribution in [1.29, 1.82) is 0 Å². The minimum absolute atomic E-state index is 0.549. The summed E-state index contributed by atoms with van der Waals surface area (Å²) in [4.78, 5) is 4.38. The molecular weight excluding hydrogens is 218 g/mol. The Bertz CT molecular complexity index is 497. The molecule has 1 fully saturated rings. The second-order valence-corrected chi connectivity index (χ2v) is 4.51. The fourth-order valence-corrected chi connectivity index (χ4v) is 2.17. The molecule has 2 aromatic heterocycles. The Morgan fingerprint density at radius 2 is 2.47 bits per heavy atom. The molecule has 3 heterocycles. The summed E-state index contributed by atoms with van der Waals surface area (Å²) >= 11 is 0. The molecule has 1 N–H and O–H groups in total. The third kappa shape index (κ3) is 2.10. The molecule has 0 spiro atoms. The Labute approximate surface area is 99.2 Å². The highest BCUT2D eigenvalue weighted by molar-refractivity contribution is 5.50. The van der Waals surface area contributed by atoms with Crippen molar-refractivity contribution in [3.05, 3.63) is 23.8 Å². The number of aryl methyl sites for hydroxylation is 1. The highest BCUT2D eigenvalue weighted by Crippen LogP contribution is 2.22. The van der Waals surface area contributed by atoms with Gasteiger partial charge in [-0.3, -0.25) is 0 Å². The first-order valence-corrected chi connectivity index (χ1v) is 5.90. The normalized spacial score (nSPS) is 19.9. The van der Waals surface area contributed by atoms with E-state index < -0.39 is 0 Å². The van der Waals surface area contributed by atoms with Gasteiger partial charge in [0.1, 0.15) is 0 Å². The predicted molar refractivity (Wildman–Crippen MR) is 61.4 cm³/mol. The largest absolute Gasteiger partial charge is 0.461 e. The third-order valence-electron chi connectivity index (χ3n) is 3.16. The van der Waals surface area contributed by atoms with Crippen LogP contribution in [0.4, 0.5) is 0 Å². The van der Waals surface area contributed by atoms with Gasteiger partial charge >= 0.3 is 0 Å². The molecule has 5 heteroatoms. The highest BCUT2D eigenvalue weighted by Gasteiger charge is 2.20. The molecule has 1 aliphatic heterocycles. The van der Waals surface area contributed by atoms with Gasteiger partial charge in [-0.2, -0.15) is 4.98 Å². The van der Waals surface area contributed by atoms with Gasteiger partial charge in [0.2, 0.25) is 11.7 Å². The fraction of sp³-hybridized carbons (Fsp3) is 0.500. The summed E-state index contributed by atoms with van der Waals surface area (Å²) in [6.07, 6.45) is 3.67. The van der Waals surface area contributed by atoms with Crippen LogP contribution in [-0.4, -0.2) is 23.2 Å². The van der Waals surface area contributed by atoms with Gasteiger partial charge in [-0.25, -0.2) is 0 Å². The summed E-state index contributed by atoms with van der Waals surface area (Å²) < 4.78 is 10.6. The van der Waals surface area contributed by atoms with Crippen LogP contribution in [0.3, 0.4) is 0 Å². The predicted octanol–water partition coefficient (Wildman–Crippen LogP) is 1.79. The Kier molecular flexibility index (Phi) is 2.68. The lowest BCUT2D eigenvalue weighted by atomic mass is 10.1. The van der Waals surface area contributed by atoms with E-state index in [1.54, 1.807) is 6.26 Å². The van der Waals surface area contributed by atoms with Crippen LogP contribution >= 0.6 is 0 Å². The van der Waals surface area contributed by atoms with Crippen molar-refractivity contribution in [2.24, 2.45) is 5.92 Å².